The fourth-order valence-electron chi connectivity index (χ4n) is 2.63. The smallest absolute Gasteiger partial charge is 0.422 e. The number of halogens is 3. The Kier molecular flexibility index (Phi) is 5.73. The second-order valence-corrected chi connectivity index (χ2v) is 7.05. The molecule has 1 aromatic carbocycles. The zero-order chi connectivity index (χ0) is 20.3. The molecule has 3 rings (SSSR count). The molecule has 2 heterocycles. The Morgan fingerprint density at radius 1 is 1.29 bits per heavy atom. The minimum atomic E-state index is -4.47. The molecule has 1 amide bonds. The van der Waals surface area contributed by atoms with E-state index >= 15 is 0 Å². The number of hydrogen-bond donors (Lipinski definition) is 0. The topological polar surface area (TPSA) is 85.6 Å². The van der Waals surface area contributed by atoms with Crippen LogP contribution in [0.25, 0.3) is 0 Å². The van der Waals surface area contributed by atoms with Gasteiger partial charge < -0.3 is 9.64 Å². The Balaban J connectivity index is 1.71. The van der Waals surface area contributed by atoms with E-state index in [2.05, 4.69) is 9.72 Å². The molecular formula is C17H14F3N3O4S. The van der Waals surface area contributed by atoms with Gasteiger partial charge >= 0.3 is 6.18 Å². The van der Waals surface area contributed by atoms with Crippen molar-refractivity contribution in [3.8, 4) is 5.88 Å². The number of nitro groups is 1. The average Bonchev–Trinajstić information content (AvgIpc) is 3.15. The normalized spacial score (nSPS) is 16.8. The maximum atomic E-state index is 12.8. The van der Waals surface area contributed by atoms with E-state index in [1.807, 2.05) is 0 Å². The van der Waals surface area contributed by atoms with Gasteiger partial charge in [-0.25, -0.2) is 4.98 Å². The lowest BCUT2D eigenvalue weighted by Crippen LogP contribution is -2.30. The number of non-ortho nitro benzene ring substituents is 1. The predicted molar refractivity (Wildman–Crippen MR) is 95.1 cm³/mol. The first kappa shape index (κ1) is 19.9. The molecule has 1 unspecified atom stereocenters. The fourth-order valence-corrected chi connectivity index (χ4v) is 3.88. The monoisotopic (exact) mass is 413 g/mol. The highest BCUT2D eigenvalue weighted by Crippen LogP contribution is 2.39. The van der Waals surface area contributed by atoms with Crippen molar-refractivity contribution in [2.75, 3.05) is 18.9 Å². The molecule has 148 valence electrons. The van der Waals surface area contributed by atoms with Crippen molar-refractivity contribution in [3.63, 3.8) is 0 Å². The highest BCUT2D eigenvalue weighted by Gasteiger charge is 2.32. The van der Waals surface area contributed by atoms with Gasteiger partial charge in [-0.2, -0.15) is 13.2 Å². The molecule has 0 aliphatic carbocycles. The van der Waals surface area contributed by atoms with Gasteiger partial charge in [-0.05, 0) is 23.8 Å². The highest BCUT2D eigenvalue weighted by atomic mass is 32.2. The van der Waals surface area contributed by atoms with Crippen LogP contribution in [-0.2, 0) is 0 Å². The van der Waals surface area contributed by atoms with Crippen molar-refractivity contribution >= 4 is 23.4 Å². The molecule has 1 saturated heterocycles. The van der Waals surface area contributed by atoms with Crippen LogP contribution in [-0.4, -0.2) is 45.8 Å². The van der Waals surface area contributed by atoms with Gasteiger partial charge in [-0.3, -0.25) is 14.9 Å². The Labute approximate surface area is 161 Å². The summed E-state index contributed by atoms with van der Waals surface area (Å²) in [6, 6.07) is 8.54. The Hall–Kier alpha value is -2.82. The maximum Gasteiger partial charge on any atom is 0.422 e. The number of nitro benzene ring substituents is 1. The SMILES string of the molecule is O=C(c1ccc(OCC(F)(F)F)nc1)N1CCSC1c1ccc([N+](=O)[O-])cc1. The molecule has 0 spiro atoms. The van der Waals surface area contributed by atoms with E-state index in [4.69, 9.17) is 0 Å². The molecule has 7 nitrogen and oxygen atoms in total. The summed E-state index contributed by atoms with van der Waals surface area (Å²) in [5.41, 5.74) is 0.927. The summed E-state index contributed by atoms with van der Waals surface area (Å²) in [5.74, 6) is 0.132. The van der Waals surface area contributed by atoms with Crippen molar-refractivity contribution in [2.45, 2.75) is 11.6 Å². The molecule has 2 aromatic rings. The summed E-state index contributed by atoms with van der Waals surface area (Å²) in [7, 11) is 0. The molecule has 1 fully saturated rings. The quantitative estimate of drug-likeness (QED) is 0.547. The first-order chi connectivity index (χ1) is 13.2. The van der Waals surface area contributed by atoms with Crippen LogP contribution >= 0.6 is 11.8 Å². The minimum Gasteiger partial charge on any atom is -0.468 e. The number of aromatic nitrogens is 1. The second kappa shape index (κ2) is 8.05. The van der Waals surface area contributed by atoms with E-state index in [9.17, 15) is 28.1 Å². The van der Waals surface area contributed by atoms with Crippen LogP contribution in [0.1, 0.15) is 21.3 Å². The summed E-state index contributed by atoms with van der Waals surface area (Å²) < 4.78 is 41.1. The molecule has 0 radical (unpaired) electrons. The number of carbonyl (C=O) groups is 1. The standard InChI is InChI=1S/C17H14F3N3O4S/c18-17(19,20)10-27-14-6-3-12(9-21-14)15(24)22-7-8-28-16(22)11-1-4-13(5-2-11)23(25)26/h1-6,9,16H,7-8,10H2. The van der Waals surface area contributed by atoms with Gasteiger partial charge in [-0.15, -0.1) is 11.8 Å². The van der Waals surface area contributed by atoms with Gasteiger partial charge in [0.15, 0.2) is 6.61 Å². The number of ether oxygens (including phenoxy) is 1. The van der Waals surface area contributed by atoms with Crippen molar-refractivity contribution in [1.82, 2.24) is 9.88 Å². The Morgan fingerprint density at radius 3 is 2.57 bits per heavy atom. The van der Waals surface area contributed by atoms with Crippen molar-refractivity contribution in [1.29, 1.82) is 0 Å². The molecule has 1 atom stereocenters. The van der Waals surface area contributed by atoms with Crippen LogP contribution in [0.3, 0.4) is 0 Å². The maximum absolute atomic E-state index is 12.8. The van der Waals surface area contributed by atoms with Gasteiger partial charge in [-0.1, -0.05) is 0 Å². The number of amides is 1. The van der Waals surface area contributed by atoms with Crippen LogP contribution in [0.4, 0.5) is 18.9 Å². The fraction of sp³-hybridized carbons (Fsp3) is 0.294. The number of pyridine rings is 1. The number of thioether (sulfide) groups is 1. The Morgan fingerprint density at radius 2 is 2.00 bits per heavy atom. The van der Waals surface area contributed by atoms with Gasteiger partial charge in [0.05, 0.1) is 10.5 Å². The van der Waals surface area contributed by atoms with Gasteiger partial charge in [0.25, 0.3) is 11.6 Å². The first-order valence-electron chi connectivity index (χ1n) is 8.07. The molecule has 1 aliphatic rings. The Bertz CT molecular complexity index is 859. The summed E-state index contributed by atoms with van der Waals surface area (Å²) in [5, 5.41) is 10.5. The first-order valence-corrected chi connectivity index (χ1v) is 9.12. The zero-order valence-electron chi connectivity index (χ0n) is 14.3. The summed E-state index contributed by atoms with van der Waals surface area (Å²) in [6.07, 6.45) is -3.30. The van der Waals surface area contributed by atoms with E-state index in [-0.39, 0.29) is 28.4 Å². The van der Waals surface area contributed by atoms with Gasteiger partial charge in [0, 0.05) is 36.7 Å². The third kappa shape index (κ3) is 4.71. The lowest BCUT2D eigenvalue weighted by molar-refractivity contribution is -0.384. The van der Waals surface area contributed by atoms with Crippen LogP contribution < -0.4 is 4.74 Å². The van der Waals surface area contributed by atoms with Crippen molar-refractivity contribution in [2.24, 2.45) is 0 Å². The molecule has 28 heavy (non-hydrogen) atoms. The lowest BCUT2D eigenvalue weighted by atomic mass is 10.1. The number of hydrogen-bond acceptors (Lipinski definition) is 6. The highest BCUT2D eigenvalue weighted by molar-refractivity contribution is 7.99. The average molecular weight is 413 g/mol. The lowest BCUT2D eigenvalue weighted by Gasteiger charge is -2.24. The molecule has 1 aliphatic heterocycles. The molecule has 1 aromatic heterocycles. The van der Waals surface area contributed by atoms with E-state index in [1.54, 1.807) is 17.0 Å². The number of carbonyl (C=O) groups excluding carboxylic acids is 1. The summed E-state index contributed by atoms with van der Waals surface area (Å²) >= 11 is 1.52. The molecule has 11 heteroatoms. The molecule has 0 bridgehead atoms. The van der Waals surface area contributed by atoms with Gasteiger partial charge in [0.2, 0.25) is 5.88 Å². The van der Waals surface area contributed by atoms with Crippen molar-refractivity contribution in [3.05, 3.63) is 63.8 Å². The summed E-state index contributed by atoms with van der Waals surface area (Å²) in [6.45, 7) is -0.990. The second-order valence-electron chi connectivity index (χ2n) is 5.86. The van der Waals surface area contributed by atoms with Crippen LogP contribution in [0.5, 0.6) is 5.88 Å². The molecule has 0 saturated carbocycles. The van der Waals surface area contributed by atoms with Gasteiger partial charge in [0.1, 0.15) is 5.37 Å². The number of rotatable bonds is 5. The predicted octanol–water partition coefficient (Wildman–Crippen LogP) is 3.82. The van der Waals surface area contributed by atoms with E-state index in [0.717, 1.165) is 5.56 Å². The largest absolute Gasteiger partial charge is 0.468 e. The zero-order valence-corrected chi connectivity index (χ0v) is 15.1. The molecular weight excluding hydrogens is 399 g/mol. The molecule has 0 N–H and O–H groups in total. The van der Waals surface area contributed by atoms with Crippen LogP contribution in [0.15, 0.2) is 42.6 Å². The van der Waals surface area contributed by atoms with E-state index in [1.165, 1.54) is 42.2 Å². The minimum absolute atomic E-state index is 0.0386. The van der Waals surface area contributed by atoms with Crippen LogP contribution in [0, 0.1) is 10.1 Å². The third-order valence-corrected chi connectivity index (χ3v) is 5.17. The van der Waals surface area contributed by atoms with Crippen molar-refractivity contribution < 1.29 is 27.6 Å². The number of benzene rings is 1. The number of nitrogens with zero attached hydrogens (tertiary/aromatic N) is 3. The summed E-state index contributed by atoms with van der Waals surface area (Å²) in [4.78, 5) is 28.4. The number of alkyl halides is 3. The third-order valence-electron chi connectivity index (χ3n) is 3.91. The van der Waals surface area contributed by atoms with E-state index < -0.39 is 17.7 Å². The van der Waals surface area contributed by atoms with Crippen LogP contribution in [0.2, 0.25) is 0 Å². The van der Waals surface area contributed by atoms with E-state index in [0.29, 0.717) is 12.3 Å².